The fourth-order valence-electron chi connectivity index (χ4n) is 2.39. The second kappa shape index (κ2) is 2.69. The molecule has 0 fully saturated rings. The van der Waals surface area contributed by atoms with Gasteiger partial charge in [-0.1, -0.05) is 29.4 Å². The van der Waals surface area contributed by atoms with E-state index in [2.05, 4.69) is 5.16 Å². The molecule has 1 unspecified atom stereocenters. The summed E-state index contributed by atoms with van der Waals surface area (Å²) in [6, 6.07) is 7.69. The van der Waals surface area contributed by atoms with Gasteiger partial charge in [-0.25, -0.2) is 0 Å². The zero-order valence-electron chi connectivity index (χ0n) is 8.49. The number of hydrogen-bond acceptors (Lipinski definition) is 3. The summed E-state index contributed by atoms with van der Waals surface area (Å²) >= 11 is 0. The van der Waals surface area contributed by atoms with Gasteiger partial charge in [-0.05, 0) is 12.5 Å². The molecule has 1 spiro atoms. The van der Waals surface area contributed by atoms with Crippen LogP contribution in [0.4, 0.5) is 0 Å². The van der Waals surface area contributed by atoms with Gasteiger partial charge in [-0.15, -0.1) is 0 Å². The average Bonchev–Trinajstić information content (AvgIpc) is 2.72. The average molecular weight is 201 g/mol. The number of carbonyl (C=O) groups is 1. The van der Waals surface area contributed by atoms with E-state index in [4.69, 9.17) is 4.84 Å². The fourth-order valence-corrected chi connectivity index (χ4v) is 2.39. The number of hydrogen-bond donors (Lipinski definition) is 0. The van der Waals surface area contributed by atoms with E-state index in [1.54, 1.807) is 0 Å². The molecule has 1 aliphatic heterocycles. The van der Waals surface area contributed by atoms with Crippen molar-refractivity contribution < 1.29 is 9.63 Å². The smallest absolute Gasteiger partial charge is 0.210 e. The topological polar surface area (TPSA) is 38.7 Å². The highest BCUT2D eigenvalue weighted by Crippen LogP contribution is 2.38. The molecule has 1 aliphatic carbocycles. The maximum absolute atomic E-state index is 12.2. The van der Waals surface area contributed by atoms with Gasteiger partial charge in [-0.2, -0.15) is 0 Å². The van der Waals surface area contributed by atoms with Crippen molar-refractivity contribution in [2.45, 2.75) is 25.4 Å². The number of carbonyl (C=O) groups excluding carboxylic acids is 1. The lowest BCUT2D eigenvalue weighted by Gasteiger charge is -2.17. The van der Waals surface area contributed by atoms with Gasteiger partial charge in [0.1, 0.15) is 0 Å². The van der Waals surface area contributed by atoms with E-state index in [-0.39, 0.29) is 5.78 Å². The van der Waals surface area contributed by atoms with Crippen LogP contribution < -0.4 is 0 Å². The van der Waals surface area contributed by atoms with Gasteiger partial charge in [0.25, 0.3) is 0 Å². The van der Waals surface area contributed by atoms with Crippen LogP contribution in [0.2, 0.25) is 0 Å². The van der Waals surface area contributed by atoms with E-state index < -0.39 is 5.60 Å². The van der Waals surface area contributed by atoms with Crippen molar-refractivity contribution >= 4 is 11.5 Å². The minimum absolute atomic E-state index is 0.0821. The van der Waals surface area contributed by atoms with Crippen LogP contribution in [0.5, 0.6) is 0 Å². The molecule has 0 amide bonds. The van der Waals surface area contributed by atoms with Crippen molar-refractivity contribution in [3.63, 3.8) is 0 Å². The Bertz CT molecular complexity index is 478. The first-order valence-corrected chi connectivity index (χ1v) is 5.06. The normalized spacial score (nSPS) is 27.8. The minimum atomic E-state index is -0.715. The number of oxime groups is 1. The number of nitrogens with zero attached hydrogens (tertiary/aromatic N) is 1. The maximum Gasteiger partial charge on any atom is 0.210 e. The van der Waals surface area contributed by atoms with Crippen LogP contribution in [0.25, 0.3) is 0 Å². The number of ketones is 1. The Hall–Kier alpha value is -1.64. The molecule has 0 aromatic heterocycles. The van der Waals surface area contributed by atoms with E-state index >= 15 is 0 Å². The molecular weight excluding hydrogens is 190 g/mol. The van der Waals surface area contributed by atoms with Crippen LogP contribution >= 0.6 is 0 Å². The van der Waals surface area contributed by atoms with Crippen molar-refractivity contribution in [3.05, 3.63) is 35.4 Å². The summed E-state index contributed by atoms with van der Waals surface area (Å²) in [5.74, 6) is 0.0821. The predicted octanol–water partition coefficient (Wildman–Crippen LogP) is 1.96. The fraction of sp³-hybridized carbons (Fsp3) is 0.333. The largest absolute Gasteiger partial charge is 0.380 e. The molecule has 0 radical (unpaired) electrons. The molecule has 0 N–H and O–H groups in total. The summed E-state index contributed by atoms with van der Waals surface area (Å²) in [6.07, 6.45) is 1.28. The van der Waals surface area contributed by atoms with Crippen molar-refractivity contribution in [2.75, 3.05) is 0 Å². The van der Waals surface area contributed by atoms with Crippen molar-refractivity contribution in [1.82, 2.24) is 0 Å². The predicted molar refractivity (Wildman–Crippen MR) is 56.0 cm³/mol. The second-order valence-electron chi connectivity index (χ2n) is 4.25. The van der Waals surface area contributed by atoms with Gasteiger partial charge in [0.05, 0.1) is 5.71 Å². The first kappa shape index (κ1) is 8.65. The third-order valence-corrected chi connectivity index (χ3v) is 3.07. The number of fused-ring (bicyclic) bond motifs is 1. The molecule has 3 heteroatoms. The Kier molecular flexibility index (Phi) is 1.55. The monoisotopic (exact) mass is 201 g/mol. The Morgan fingerprint density at radius 3 is 2.80 bits per heavy atom. The number of Topliss-reactive ketones (excluding diaryl/α,β-unsaturated/α-hetero) is 1. The van der Waals surface area contributed by atoms with E-state index in [1.807, 2.05) is 31.2 Å². The third-order valence-electron chi connectivity index (χ3n) is 3.07. The first-order valence-electron chi connectivity index (χ1n) is 5.06. The lowest BCUT2D eigenvalue weighted by atomic mass is 9.93. The van der Waals surface area contributed by atoms with Crippen LogP contribution in [0.15, 0.2) is 29.4 Å². The molecule has 1 atom stereocenters. The van der Waals surface area contributed by atoms with Gasteiger partial charge < -0.3 is 4.84 Å². The Morgan fingerprint density at radius 1 is 1.33 bits per heavy atom. The van der Waals surface area contributed by atoms with E-state index in [0.717, 1.165) is 16.8 Å². The second-order valence-corrected chi connectivity index (χ2v) is 4.25. The summed E-state index contributed by atoms with van der Waals surface area (Å²) in [4.78, 5) is 17.5. The van der Waals surface area contributed by atoms with Crippen molar-refractivity contribution in [2.24, 2.45) is 5.16 Å². The molecule has 2 aliphatic rings. The van der Waals surface area contributed by atoms with Crippen LogP contribution in [0, 0.1) is 0 Å². The van der Waals surface area contributed by atoms with E-state index in [0.29, 0.717) is 12.8 Å². The molecule has 76 valence electrons. The molecular formula is C12H11NO2. The summed E-state index contributed by atoms with van der Waals surface area (Å²) in [5.41, 5.74) is 2.05. The van der Waals surface area contributed by atoms with Crippen molar-refractivity contribution in [3.8, 4) is 0 Å². The molecule has 0 saturated carbocycles. The van der Waals surface area contributed by atoms with Crippen LogP contribution in [0.3, 0.4) is 0 Å². The summed E-state index contributed by atoms with van der Waals surface area (Å²) in [6.45, 7) is 1.89. The number of rotatable bonds is 0. The SMILES string of the molecule is CC1=NOC2(C1)Cc1ccccc1C2=O. The highest BCUT2D eigenvalue weighted by atomic mass is 16.7. The first-order chi connectivity index (χ1) is 7.21. The highest BCUT2D eigenvalue weighted by molar-refractivity contribution is 6.09. The lowest BCUT2D eigenvalue weighted by molar-refractivity contribution is 0.000679. The highest BCUT2D eigenvalue weighted by Gasteiger charge is 2.50. The maximum atomic E-state index is 12.2. The summed E-state index contributed by atoms with van der Waals surface area (Å²) < 4.78 is 0. The van der Waals surface area contributed by atoms with Gasteiger partial charge in [-0.3, -0.25) is 4.79 Å². The van der Waals surface area contributed by atoms with Crippen molar-refractivity contribution in [1.29, 1.82) is 0 Å². The van der Waals surface area contributed by atoms with Gasteiger partial charge in [0.2, 0.25) is 11.4 Å². The third kappa shape index (κ3) is 1.06. The summed E-state index contributed by atoms with van der Waals surface area (Å²) in [5, 5.41) is 3.90. The molecule has 3 nitrogen and oxygen atoms in total. The molecule has 1 heterocycles. The zero-order chi connectivity index (χ0) is 10.5. The van der Waals surface area contributed by atoms with E-state index in [9.17, 15) is 4.79 Å². The summed E-state index contributed by atoms with van der Waals surface area (Å²) in [7, 11) is 0. The van der Waals surface area contributed by atoms with Crippen LogP contribution in [0.1, 0.15) is 29.3 Å². The minimum Gasteiger partial charge on any atom is -0.380 e. The Morgan fingerprint density at radius 2 is 2.13 bits per heavy atom. The molecule has 0 bridgehead atoms. The van der Waals surface area contributed by atoms with E-state index in [1.165, 1.54) is 0 Å². The molecule has 1 aromatic carbocycles. The Labute approximate surface area is 87.7 Å². The Balaban J connectivity index is 2.04. The zero-order valence-corrected chi connectivity index (χ0v) is 8.49. The standard InChI is InChI=1S/C12H11NO2/c1-8-6-12(15-13-8)7-9-4-2-3-5-10(9)11(12)14/h2-5H,6-7H2,1H3. The molecule has 15 heavy (non-hydrogen) atoms. The van der Waals surface area contributed by atoms with Crippen LogP contribution in [-0.4, -0.2) is 17.1 Å². The van der Waals surface area contributed by atoms with Gasteiger partial charge >= 0.3 is 0 Å². The van der Waals surface area contributed by atoms with Crippen LogP contribution in [-0.2, 0) is 11.3 Å². The quantitative estimate of drug-likeness (QED) is 0.643. The van der Waals surface area contributed by atoms with Gasteiger partial charge in [0.15, 0.2) is 0 Å². The lowest BCUT2D eigenvalue weighted by Crippen LogP contribution is -2.35. The molecule has 0 saturated heterocycles. The van der Waals surface area contributed by atoms with Gasteiger partial charge in [0, 0.05) is 18.4 Å². The molecule has 3 rings (SSSR count). The molecule has 1 aromatic rings. The number of benzene rings is 1.